The van der Waals surface area contributed by atoms with Gasteiger partial charge in [0.1, 0.15) is 5.41 Å². The molecule has 2 heterocycles. The Bertz CT molecular complexity index is 281. The van der Waals surface area contributed by atoms with Crippen LogP contribution >= 0.6 is 0 Å². The molecule has 15 heavy (non-hydrogen) atoms. The maximum absolute atomic E-state index is 11.5. The molecule has 4 heteroatoms. The Kier molecular flexibility index (Phi) is 2.14. The average Bonchev–Trinajstić information content (AvgIpc) is 1.87. The molecule has 0 amide bonds. The molecule has 2 aliphatic heterocycles. The van der Waals surface area contributed by atoms with Gasteiger partial charge in [-0.25, -0.2) is 0 Å². The number of carboxylic acid groups (broad SMARTS) is 1. The van der Waals surface area contributed by atoms with E-state index >= 15 is 0 Å². The van der Waals surface area contributed by atoms with E-state index in [2.05, 4.69) is 20.8 Å². The molecule has 0 aromatic heterocycles. The third kappa shape index (κ3) is 1.12. The van der Waals surface area contributed by atoms with Crippen molar-refractivity contribution in [3.05, 3.63) is 0 Å². The summed E-state index contributed by atoms with van der Waals surface area (Å²) in [4.78, 5) is 11.5. The molecule has 0 aromatic rings. The molecular weight excluding hydrogens is 196 g/mol. The summed E-state index contributed by atoms with van der Waals surface area (Å²) in [6, 6.07) is 0. The van der Waals surface area contributed by atoms with Gasteiger partial charge in [0, 0.05) is 5.41 Å². The minimum absolute atomic E-state index is 0.0760. The first kappa shape index (κ1) is 10.9. The lowest BCUT2D eigenvalue weighted by Gasteiger charge is -2.62. The van der Waals surface area contributed by atoms with Crippen molar-refractivity contribution in [2.75, 3.05) is 26.4 Å². The van der Waals surface area contributed by atoms with E-state index in [1.54, 1.807) is 0 Å². The lowest BCUT2D eigenvalue weighted by atomic mass is 9.50. The molecular formula is C11H18O4. The molecule has 2 aliphatic rings. The minimum Gasteiger partial charge on any atom is -0.481 e. The zero-order chi connectivity index (χ0) is 11.3. The highest BCUT2D eigenvalue weighted by molar-refractivity contribution is 5.77. The second-order valence-electron chi connectivity index (χ2n) is 5.70. The molecule has 0 spiro atoms. The van der Waals surface area contributed by atoms with Gasteiger partial charge in [-0.1, -0.05) is 20.8 Å². The van der Waals surface area contributed by atoms with E-state index in [1.165, 1.54) is 0 Å². The Morgan fingerprint density at radius 3 is 1.67 bits per heavy atom. The van der Waals surface area contributed by atoms with Crippen LogP contribution in [0.4, 0.5) is 0 Å². The van der Waals surface area contributed by atoms with E-state index in [1.807, 2.05) is 0 Å². The third-order valence-electron chi connectivity index (χ3n) is 4.15. The molecule has 0 unspecified atom stereocenters. The fourth-order valence-electron chi connectivity index (χ4n) is 2.64. The first-order valence-electron chi connectivity index (χ1n) is 5.25. The monoisotopic (exact) mass is 214 g/mol. The maximum Gasteiger partial charge on any atom is 0.315 e. The van der Waals surface area contributed by atoms with E-state index in [-0.39, 0.29) is 10.8 Å². The summed E-state index contributed by atoms with van der Waals surface area (Å²) in [5, 5.41) is 9.41. The fraction of sp³-hybridized carbons (Fsp3) is 0.909. The number of ether oxygens (including phenoxy) is 2. The predicted molar refractivity (Wildman–Crippen MR) is 53.6 cm³/mol. The summed E-state index contributed by atoms with van der Waals surface area (Å²) in [6.07, 6.45) is 0. The third-order valence-corrected chi connectivity index (χ3v) is 4.15. The van der Waals surface area contributed by atoms with Gasteiger partial charge in [0.25, 0.3) is 0 Å². The molecule has 86 valence electrons. The number of rotatable bonds is 2. The van der Waals surface area contributed by atoms with E-state index in [4.69, 9.17) is 9.47 Å². The van der Waals surface area contributed by atoms with E-state index in [9.17, 15) is 9.90 Å². The topological polar surface area (TPSA) is 55.8 Å². The van der Waals surface area contributed by atoms with Crippen LogP contribution in [0.25, 0.3) is 0 Å². The van der Waals surface area contributed by atoms with Gasteiger partial charge < -0.3 is 14.6 Å². The van der Waals surface area contributed by atoms with Gasteiger partial charge in [-0.15, -0.1) is 0 Å². The van der Waals surface area contributed by atoms with E-state index in [0.29, 0.717) is 26.4 Å². The van der Waals surface area contributed by atoms with Crippen molar-refractivity contribution in [1.29, 1.82) is 0 Å². The zero-order valence-corrected chi connectivity index (χ0v) is 9.50. The smallest absolute Gasteiger partial charge is 0.315 e. The minimum atomic E-state index is -0.744. The molecule has 1 N–H and O–H groups in total. The second kappa shape index (κ2) is 2.95. The van der Waals surface area contributed by atoms with E-state index < -0.39 is 11.4 Å². The van der Waals surface area contributed by atoms with Crippen molar-refractivity contribution >= 4 is 5.97 Å². The van der Waals surface area contributed by atoms with Crippen molar-refractivity contribution < 1.29 is 19.4 Å². The SMILES string of the molecule is CC(C)(C)C1(C2(C(=O)O)COC2)COC1. The molecule has 2 rings (SSSR count). The first-order chi connectivity index (χ1) is 6.86. The summed E-state index contributed by atoms with van der Waals surface area (Å²) in [6.45, 7) is 7.96. The summed E-state index contributed by atoms with van der Waals surface area (Å²) >= 11 is 0. The van der Waals surface area contributed by atoms with Gasteiger partial charge in [-0.3, -0.25) is 4.79 Å². The van der Waals surface area contributed by atoms with Crippen LogP contribution in [0.2, 0.25) is 0 Å². The molecule has 2 fully saturated rings. The number of carboxylic acids is 1. The number of aliphatic carboxylic acids is 1. The molecule has 0 radical (unpaired) electrons. The molecule has 0 saturated carbocycles. The van der Waals surface area contributed by atoms with Crippen molar-refractivity contribution in [3.8, 4) is 0 Å². The van der Waals surface area contributed by atoms with Gasteiger partial charge >= 0.3 is 5.97 Å². The van der Waals surface area contributed by atoms with Crippen LogP contribution in [0.5, 0.6) is 0 Å². The highest BCUT2D eigenvalue weighted by atomic mass is 16.5. The quantitative estimate of drug-likeness (QED) is 0.749. The van der Waals surface area contributed by atoms with Crippen LogP contribution in [0.3, 0.4) is 0 Å². The van der Waals surface area contributed by atoms with Crippen LogP contribution in [0, 0.1) is 16.2 Å². The summed E-state index contributed by atoms with van der Waals surface area (Å²) in [5.74, 6) is -0.744. The molecule has 2 saturated heterocycles. The largest absolute Gasteiger partial charge is 0.481 e. The van der Waals surface area contributed by atoms with Gasteiger partial charge in [-0.05, 0) is 5.41 Å². The zero-order valence-electron chi connectivity index (χ0n) is 9.50. The highest BCUT2D eigenvalue weighted by Gasteiger charge is 2.69. The normalized spacial score (nSPS) is 27.7. The Balaban J connectivity index is 2.37. The molecule has 0 bridgehead atoms. The lowest BCUT2D eigenvalue weighted by molar-refractivity contribution is -0.299. The second-order valence-corrected chi connectivity index (χ2v) is 5.70. The standard InChI is InChI=1S/C11H18O4/c1-9(2,3)11(6-15-7-11)10(8(12)13)4-14-5-10/h4-7H2,1-3H3,(H,12,13). The Morgan fingerprint density at radius 1 is 1.13 bits per heavy atom. The summed E-state index contributed by atoms with van der Waals surface area (Å²) in [5.41, 5.74) is -1.08. The maximum atomic E-state index is 11.5. The van der Waals surface area contributed by atoms with Crippen LogP contribution in [-0.2, 0) is 14.3 Å². The molecule has 0 aromatic carbocycles. The highest BCUT2D eigenvalue weighted by Crippen LogP contribution is 2.59. The van der Waals surface area contributed by atoms with Crippen molar-refractivity contribution in [2.24, 2.45) is 16.2 Å². The van der Waals surface area contributed by atoms with Gasteiger partial charge in [-0.2, -0.15) is 0 Å². The van der Waals surface area contributed by atoms with Crippen LogP contribution in [0.1, 0.15) is 20.8 Å². The summed E-state index contributed by atoms with van der Waals surface area (Å²) in [7, 11) is 0. The van der Waals surface area contributed by atoms with Crippen LogP contribution in [-0.4, -0.2) is 37.5 Å². The fourth-order valence-corrected chi connectivity index (χ4v) is 2.64. The summed E-state index contributed by atoms with van der Waals surface area (Å²) < 4.78 is 10.4. The predicted octanol–water partition coefficient (Wildman–Crippen LogP) is 1.15. The first-order valence-corrected chi connectivity index (χ1v) is 5.25. The number of carbonyl (C=O) groups is 1. The number of hydrogen-bond donors (Lipinski definition) is 1. The van der Waals surface area contributed by atoms with Crippen molar-refractivity contribution in [2.45, 2.75) is 20.8 Å². The molecule has 0 atom stereocenters. The Labute approximate surface area is 89.6 Å². The molecule has 4 nitrogen and oxygen atoms in total. The van der Waals surface area contributed by atoms with Crippen molar-refractivity contribution in [3.63, 3.8) is 0 Å². The Hall–Kier alpha value is -0.610. The number of hydrogen-bond acceptors (Lipinski definition) is 3. The average molecular weight is 214 g/mol. The Morgan fingerprint density at radius 2 is 1.60 bits per heavy atom. The van der Waals surface area contributed by atoms with Crippen LogP contribution in [0.15, 0.2) is 0 Å². The van der Waals surface area contributed by atoms with Gasteiger partial charge in [0.15, 0.2) is 0 Å². The van der Waals surface area contributed by atoms with Crippen molar-refractivity contribution in [1.82, 2.24) is 0 Å². The molecule has 0 aliphatic carbocycles. The lowest BCUT2D eigenvalue weighted by Crippen LogP contribution is -2.71. The van der Waals surface area contributed by atoms with Gasteiger partial charge in [0.05, 0.1) is 26.4 Å². The van der Waals surface area contributed by atoms with E-state index in [0.717, 1.165) is 0 Å². The van der Waals surface area contributed by atoms with Gasteiger partial charge in [0.2, 0.25) is 0 Å². The van der Waals surface area contributed by atoms with Crippen LogP contribution < -0.4 is 0 Å².